The highest BCUT2D eigenvalue weighted by Gasteiger charge is 2.77. The monoisotopic (exact) mass is 759 g/mol. The SMILES string of the molecule is C=CCCC(=O)N[C@@H](COC)[C@@H](OC(=O)[C@H]1[C@@H]2O[C@@]3(CC2Br)[C@@H]1C(=O)N(CCCCCO)[C@@H]3C(=O)N(CC=C)CCCCC)c1ccccc1. The Labute approximate surface area is 304 Å². The fourth-order valence-corrected chi connectivity index (χ4v) is 8.73. The van der Waals surface area contributed by atoms with Crippen LogP contribution in [0.2, 0.25) is 0 Å². The van der Waals surface area contributed by atoms with E-state index in [4.69, 9.17) is 14.2 Å². The molecular formula is C38H54BrN3O8. The fourth-order valence-electron chi connectivity index (χ4n) is 7.79. The zero-order chi connectivity index (χ0) is 36.3. The lowest BCUT2D eigenvalue weighted by Gasteiger charge is -2.37. The van der Waals surface area contributed by atoms with Crippen LogP contribution in [0.25, 0.3) is 0 Å². The number of carbonyl (C=O) groups excluding carboxylic acids is 4. The maximum absolute atomic E-state index is 14.6. The Morgan fingerprint density at radius 2 is 1.92 bits per heavy atom. The summed E-state index contributed by atoms with van der Waals surface area (Å²) in [5.74, 6) is -3.30. The van der Waals surface area contributed by atoms with Gasteiger partial charge in [-0.05, 0) is 44.1 Å². The number of nitrogens with one attached hydrogen (secondary N) is 1. The maximum Gasteiger partial charge on any atom is 0.313 e. The molecule has 4 rings (SSSR count). The number of aliphatic hydroxyl groups is 1. The van der Waals surface area contributed by atoms with Crippen molar-refractivity contribution in [1.82, 2.24) is 15.1 Å². The summed E-state index contributed by atoms with van der Waals surface area (Å²) in [6.45, 7) is 10.9. The van der Waals surface area contributed by atoms with E-state index in [0.717, 1.165) is 19.3 Å². The minimum Gasteiger partial charge on any atom is -0.455 e. The van der Waals surface area contributed by atoms with Crippen molar-refractivity contribution in [3.63, 3.8) is 0 Å². The molecule has 3 saturated heterocycles. The predicted octanol–water partition coefficient (Wildman–Crippen LogP) is 4.48. The van der Waals surface area contributed by atoms with Gasteiger partial charge in [0, 0.05) is 44.6 Å². The van der Waals surface area contributed by atoms with Crippen LogP contribution in [0.4, 0.5) is 0 Å². The van der Waals surface area contributed by atoms with Crippen LogP contribution in [-0.4, -0.2) is 107 Å². The highest BCUT2D eigenvalue weighted by Crippen LogP contribution is 2.60. The van der Waals surface area contributed by atoms with Crippen LogP contribution < -0.4 is 5.32 Å². The van der Waals surface area contributed by atoms with Crippen molar-refractivity contribution in [2.75, 3.05) is 40.0 Å². The number of unbranched alkanes of at least 4 members (excludes halogenated alkanes) is 4. The number of nitrogens with zero attached hydrogens (tertiary/aromatic N) is 2. The average molecular weight is 761 g/mol. The number of fused-ring (bicyclic) bond motifs is 1. The molecule has 3 heterocycles. The summed E-state index contributed by atoms with van der Waals surface area (Å²) in [5.41, 5.74) is -0.574. The zero-order valence-corrected chi connectivity index (χ0v) is 31.1. The summed E-state index contributed by atoms with van der Waals surface area (Å²) >= 11 is 3.75. The molecule has 3 aliphatic rings. The largest absolute Gasteiger partial charge is 0.455 e. The number of rotatable bonds is 22. The molecule has 12 heteroatoms. The molecule has 3 amide bonds. The predicted molar refractivity (Wildman–Crippen MR) is 193 cm³/mol. The summed E-state index contributed by atoms with van der Waals surface area (Å²) in [6, 6.07) is 7.49. The fraction of sp³-hybridized carbons (Fsp3) is 0.632. The Morgan fingerprint density at radius 1 is 1.16 bits per heavy atom. The van der Waals surface area contributed by atoms with Crippen LogP contribution in [0.5, 0.6) is 0 Å². The summed E-state index contributed by atoms with van der Waals surface area (Å²) < 4.78 is 18.5. The highest BCUT2D eigenvalue weighted by atomic mass is 79.9. The molecule has 0 aliphatic carbocycles. The number of alkyl halides is 1. The van der Waals surface area contributed by atoms with E-state index in [9.17, 15) is 24.3 Å². The second kappa shape index (κ2) is 19.0. The van der Waals surface area contributed by atoms with Crippen molar-refractivity contribution in [3.8, 4) is 0 Å². The summed E-state index contributed by atoms with van der Waals surface area (Å²) in [7, 11) is 1.51. The van der Waals surface area contributed by atoms with Crippen molar-refractivity contribution < 1.29 is 38.5 Å². The number of amides is 3. The van der Waals surface area contributed by atoms with Crippen LogP contribution in [0, 0.1) is 11.8 Å². The first-order chi connectivity index (χ1) is 24.2. The van der Waals surface area contributed by atoms with Crippen molar-refractivity contribution in [1.29, 1.82) is 0 Å². The Morgan fingerprint density at radius 3 is 2.58 bits per heavy atom. The summed E-state index contributed by atoms with van der Waals surface area (Å²) in [6.07, 6.45) is 7.44. The van der Waals surface area contributed by atoms with Gasteiger partial charge in [-0.3, -0.25) is 19.2 Å². The molecule has 8 atom stereocenters. The van der Waals surface area contributed by atoms with Crippen LogP contribution in [0.3, 0.4) is 0 Å². The molecule has 276 valence electrons. The molecule has 1 spiro atoms. The third-order valence-electron chi connectivity index (χ3n) is 10.0. The lowest BCUT2D eigenvalue weighted by atomic mass is 9.70. The number of allylic oxidation sites excluding steroid dienone is 1. The van der Waals surface area contributed by atoms with Crippen LogP contribution in [0.15, 0.2) is 55.6 Å². The number of hydrogen-bond acceptors (Lipinski definition) is 8. The Bertz CT molecular complexity index is 1330. The number of carbonyl (C=O) groups is 4. The number of ether oxygens (including phenoxy) is 3. The molecule has 11 nitrogen and oxygen atoms in total. The Balaban J connectivity index is 1.69. The van der Waals surface area contributed by atoms with Gasteiger partial charge in [-0.1, -0.05) is 78.2 Å². The van der Waals surface area contributed by atoms with E-state index >= 15 is 0 Å². The first-order valence-corrected chi connectivity index (χ1v) is 18.9. The quantitative estimate of drug-likeness (QED) is 0.0766. The van der Waals surface area contributed by atoms with Gasteiger partial charge in [0.15, 0.2) is 0 Å². The molecule has 3 fully saturated rings. The summed E-state index contributed by atoms with van der Waals surface area (Å²) in [4.78, 5) is 59.5. The highest BCUT2D eigenvalue weighted by molar-refractivity contribution is 9.09. The van der Waals surface area contributed by atoms with Gasteiger partial charge in [-0.15, -0.1) is 13.2 Å². The number of methoxy groups -OCH3 is 1. The van der Waals surface area contributed by atoms with Crippen molar-refractivity contribution >= 4 is 39.6 Å². The molecule has 1 aromatic rings. The van der Waals surface area contributed by atoms with Gasteiger partial charge in [0.05, 0.1) is 30.6 Å². The third kappa shape index (κ3) is 8.69. The van der Waals surface area contributed by atoms with E-state index in [1.165, 1.54) is 7.11 Å². The van der Waals surface area contributed by atoms with E-state index in [2.05, 4.69) is 41.3 Å². The van der Waals surface area contributed by atoms with Crippen LogP contribution in [0.1, 0.15) is 76.4 Å². The number of benzene rings is 1. The molecule has 3 aliphatic heterocycles. The number of hydrogen-bond donors (Lipinski definition) is 2. The van der Waals surface area contributed by atoms with Gasteiger partial charge in [0.2, 0.25) is 17.7 Å². The van der Waals surface area contributed by atoms with E-state index in [0.29, 0.717) is 57.3 Å². The van der Waals surface area contributed by atoms with Crippen LogP contribution in [-0.2, 0) is 33.4 Å². The lowest BCUT2D eigenvalue weighted by Crippen LogP contribution is -2.57. The number of likely N-dealkylation sites (tertiary alicyclic amines) is 1. The van der Waals surface area contributed by atoms with Crippen LogP contribution >= 0.6 is 15.9 Å². The minimum absolute atomic E-state index is 0.0404. The first-order valence-electron chi connectivity index (χ1n) is 18.0. The Hall–Kier alpha value is -3.06. The molecule has 2 N–H and O–H groups in total. The molecular weight excluding hydrogens is 706 g/mol. The second-order valence-corrected chi connectivity index (χ2v) is 14.7. The Kier molecular flexibility index (Phi) is 15.1. The maximum atomic E-state index is 14.6. The van der Waals surface area contributed by atoms with Gasteiger partial charge in [-0.2, -0.15) is 0 Å². The van der Waals surface area contributed by atoms with E-state index < -0.39 is 47.7 Å². The van der Waals surface area contributed by atoms with Gasteiger partial charge in [-0.25, -0.2) is 0 Å². The smallest absolute Gasteiger partial charge is 0.313 e. The standard InChI is InChI=1S/C38H54BrN3O8/c1-5-8-14-21-41(20-7-3)36(46)34-38-24-27(39)33(50-38)30(31(38)35(45)42(34)22-15-11-16-23-43)37(47)49-32(26-17-12-10-13-18-26)28(25-48-4)40-29(44)19-9-6-2/h6-7,10,12-13,17-18,27-28,30-34,43H,2-3,5,8-9,11,14-16,19-25H2,1,4H3,(H,40,44)/t27?,28-,30+,31-,32-,33+,34+,38-/m0/s1. The van der Waals surface area contributed by atoms with Crippen molar-refractivity contribution in [2.24, 2.45) is 11.8 Å². The third-order valence-corrected chi connectivity index (χ3v) is 10.9. The van der Waals surface area contributed by atoms with Gasteiger partial charge in [0.25, 0.3) is 0 Å². The molecule has 1 aromatic carbocycles. The second-order valence-electron chi connectivity index (χ2n) is 13.5. The van der Waals surface area contributed by atoms with Gasteiger partial charge in [0.1, 0.15) is 17.7 Å². The molecule has 50 heavy (non-hydrogen) atoms. The van der Waals surface area contributed by atoms with Gasteiger partial charge < -0.3 is 34.4 Å². The first kappa shape index (κ1) is 39.7. The number of halogens is 1. The number of esters is 1. The molecule has 0 aromatic heterocycles. The lowest BCUT2D eigenvalue weighted by molar-refractivity contribution is -0.163. The van der Waals surface area contributed by atoms with Crippen molar-refractivity contribution in [3.05, 3.63) is 61.2 Å². The normalized spacial score (nSPS) is 26.3. The topological polar surface area (TPSA) is 135 Å². The number of aliphatic hydroxyl groups excluding tert-OH is 1. The average Bonchev–Trinajstić information content (AvgIpc) is 3.70. The molecule has 2 bridgehead atoms. The summed E-state index contributed by atoms with van der Waals surface area (Å²) in [5, 5.41) is 12.3. The molecule has 0 radical (unpaired) electrons. The minimum atomic E-state index is -1.23. The van der Waals surface area contributed by atoms with E-state index in [-0.39, 0.29) is 42.2 Å². The van der Waals surface area contributed by atoms with E-state index in [1.807, 2.05) is 30.3 Å². The van der Waals surface area contributed by atoms with Crippen molar-refractivity contribution in [2.45, 2.75) is 99.4 Å². The zero-order valence-electron chi connectivity index (χ0n) is 29.5. The molecule has 1 unspecified atom stereocenters. The van der Waals surface area contributed by atoms with E-state index in [1.54, 1.807) is 22.0 Å². The van der Waals surface area contributed by atoms with Gasteiger partial charge >= 0.3 is 5.97 Å². The molecule has 0 saturated carbocycles.